The molecule has 5 heteroatoms. The third-order valence-electron chi connectivity index (χ3n) is 1.94. The highest BCUT2D eigenvalue weighted by atomic mass is 16.5. The molecule has 0 atom stereocenters. The maximum absolute atomic E-state index is 11.5. The molecular weight excluding hydrogens is 208 g/mol. The second-order valence-corrected chi connectivity index (χ2v) is 3.04. The van der Waals surface area contributed by atoms with Crippen LogP contribution in [0.3, 0.4) is 0 Å². The Morgan fingerprint density at radius 3 is 2.56 bits per heavy atom. The van der Waals surface area contributed by atoms with Crippen LogP contribution in [0.25, 0.3) is 0 Å². The highest BCUT2D eigenvalue weighted by Gasteiger charge is 2.09. The number of benzene rings is 1. The summed E-state index contributed by atoms with van der Waals surface area (Å²) in [6.45, 7) is 0. The molecule has 1 aromatic heterocycles. The van der Waals surface area contributed by atoms with Crippen LogP contribution in [0.4, 0.5) is 0 Å². The van der Waals surface area contributed by atoms with Crippen molar-refractivity contribution in [3.05, 3.63) is 47.8 Å². The molecule has 1 heterocycles. The molecule has 0 bridgehead atoms. The van der Waals surface area contributed by atoms with Crippen LogP contribution in [-0.2, 0) is 0 Å². The van der Waals surface area contributed by atoms with Gasteiger partial charge in [0.2, 0.25) is 0 Å². The standard InChI is InChI=1S/C11H8N2O3/c14-7-8-1-3-9(4-2-8)16-11(15)10-5-6-12-13-10/h1-7H,(H,12,13). The lowest BCUT2D eigenvalue weighted by atomic mass is 10.2. The first-order valence-electron chi connectivity index (χ1n) is 4.57. The number of hydrogen-bond acceptors (Lipinski definition) is 4. The van der Waals surface area contributed by atoms with Gasteiger partial charge in [-0.3, -0.25) is 9.89 Å². The normalized spacial score (nSPS) is 9.75. The summed E-state index contributed by atoms with van der Waals surface area (Å²) in [4.78, 5) is 21.9. The number of esters is 1. The van der Waals surface area contributed by atoms with Gasteiger partial charge in [0.1, 0.15) is 12.0 Å². The fraction of sp³-hybridized carbons (Fsp3) is 0. The molecule has 0 saturated heterocycles. The lowest BCUT2D eigenvalue weighted by Crippen LogP contribution is -2.08. The first kappa shape index (κ1) is 10.1. The number of hydrogen-bond donors (Lipinski definition) is 1. The van der Waals surface area contributed by atoms with Crippen LogP contribution < -0.4 is 4.74 Å². The molecule has 0 fully saturated rings. The number of H-pyrrole nitrogens is 1. The van der Waals surface area contributed by atoms with Crippen molar-refractivity contribution in [1.82, 2.24) is 10.2 Å². The maximum Gasteiger partial charge on any atom is 0.364 e. The van der Waals surface area contributed by atoms with Crippen LogP contribution in [0, 0.1) is 0 Å². The van der Waals surface area contributed by atoms with E-state index >= 15 is 0 Å². The minimum Gasteiger partial charge on any atom is -0.422 e. The molecule has 16 heavy (non-hydrogen) atoms. The molecule has 0 aliphatic rings. The zero-order chi connectivity index (χ0) is 11.4. The first-order chi connectivity index (χ1) is 7.79. The minimum absolute atomic E-state index is 0.208. The molecule has 0 aliphatic heterocycles. The number of nitrogens with one attached hydrogen (secondary N) is 1. The van der Waals surface area contributed by atoms with Crippen LogP contribution >= 0.6 is 0 Å². The van der Waals surface area contributed by atoms with Gasteiger partial charge in [-0.2, -0.15) is 5.10 Å². The maximum atomic E-state index is 11.5. The molecule has 0 radical (unpaired) electrons. The zero-order valence-corrected chi connectivity index (χ0v) is 8.21. The van der Waals surface area contributed by atoms with Gasteiger partial charge in [-0.25, -0.2) is 4.79 Å². The third-order valence-corrected chi connectivity index (χ3v) is 1.94. The lowest BCUT2D eigenvalue weighted by molar-refractivity contribution is 0.0728. The Balaban J connectivity index is 2.09. The Hall–Kier alpha value is -2.43. The van der Waals surface area contributed by atoms with Crippen molar-refractivity contribution in [3.8, 4) is 5.75 Å². The van der Waals surface area contributed by atoms with Crippen LogP contribution in [0.1, 0.15) is 20.8 Å². The molecule has 2 rings (SSSR count). The molecule has 0 spiro atoms. The molecule has 1 aromatic carbocycles. The van der Waals surface area contributed by atoms with E-state index < -0.39 is 5.97 Å². The SMILES string of the molecule is O=Cc1ccc(OC(=O)c2cc[nH]n2)cc1. The molecular formula is C11H8N2O3. The van der Waals surface area contributed by atoms with Crippen molar-refractivity contribution in [2.45, 2.75) is 0 Å². The van der Waals surface area contributed by atoms with Gasteiger partial charge in [0.05, 0.1) is 0 Å². The second kappa shape index (κ2) is 4.39. The summed E-state index contributed by atoms with van der Waals surface area (Å²) in [6.07, 6.45) is 2.26. The number of carbonyl (C=O) groups excluding carboxylic acids is 2. The Bertz CT molecular complexity index is 488. The molecule has 2 aromatic rings. The van der Waals surface area contributed by atoms with E-state index in [4.69, 9.17) is 4.74 Å². The van der Waals surface area contributed by atoms with Gasteiger partial charge in [-0.15, -0.1) is 0 Å². The third kappa shape index (κ3) is 2.14. The largest absolute Gasteiger partial charge is 0.422 e. The lowest BCUT2D eigenvalue weighted by Gasteiger charge is -2.01. The van der Waals surface area contributed by atoms with Gasteiger partial charge < -0.3 is 4.74 Å². The number of rotatable bonds is 3. The molecule has 0 aliphatic carbocycles. The number of aldehydes is 1. The van der Waals surface area contributed by atoms with E-state index in [2.05, 4.69) is 10.2 Å². The first-order valence-corrected chi connectivity index (χ1v) is 4.57. The topological polar surface area (TPSA) is 72.1 Å². The Morgan fingerprint density at radius 2 is 2.00 bits per heavy atom. The summed E-state index contributed by atoms with van der Waals surface area (Å²) >= 11 is 0. The molecule has 5 nitrogen and oxygen atoms in total. The van der Waals surface area contributed by atoms with Gasteiger partial charge in [0, 0.05) is 11.8 Å². The summed E-state index contributed by atoms with van der Waals surface area (Å²) in [5.41, 5.74) is 0.735. The predicted octanol–water partition coefficient (Wildman–Crippen LogP) is 1.44. The number of nitrogens with zero attached hydrogens (tertiary/aromatic N) is 1. The number of aromatic nitrogens is 2. The van der Waals surface area contributed by atoms with E-state index in [1.54, 1.807) is 24.3 Å². The summed E-state index contributed by atoms with van der Waals surface area (Å²) in [5, 5.41) is 6.21. The van der Waals surface area contributed by atoms with E-state index in [-0.39, 0.29) is 5.69 Å². The van der Waals surface area contributed by atoms with Crippen LogP contribution in [0.5, 0.6) is 5.75 Å². The summed E-state index contributed by atoms with van der Waals surface area (Å²) in [7, 11) is 0. The second-order valence-electron chi connectivity index (χ2n) is 3.04. The highest BCUT2D eigenvalue weighted by Crippen LogP contribution is 2.12. The van der Waals surface area contributed by atoms with Crippen LogP contribution in [0.15, 0.2) is 36.5 Å². The van der Waals surface area contributed by atoms with Crippen LogP contribution in [-0.4, -0.2) is 22.5 Å². The van der Waals surface area contributed by atoms with Crippen molar-refractivity contribution in [1.29, 1.82) is 0 Å². The van der Waals surface area contributed by atoms with Crippen molar-refractivity contribution in [2.75, 3.05) is 0 Å². The summed E-state index contributed by atoms with van der Waals surface area (Å²) in [5.74, 6) is -0.168. The van der Waals surface area contributed by atoms with Crippen molar-refractivity contribution < 1.29 is 14.3 Å². The molecule has 1 N–H and O–H groups in total. The molecule has 0 amide bonds. The average Bonchev–Trinajstić information content (AvgIpc) is 2.83. The zero-order valence-electron chi connectivity index (χ0n) is 8.21. The summed E-state index contributed by atoms with van der Waals surface area (Å²) in [6, 6.07) is 7.75. The van der Waals surface area contributed by atoms with E-state index in [0.717, 1.165) is 6.29 Å². The van der Waals surface area contributed by atoms with E-state index in [9.17, 15) is 9.59 Å². The number of carbonyl (C=O) groups is 2. The predicted molar refractivity (Wildman–Crippen MR) is 55.4 cm³/mol. The number of aromatic amines is 1. The minimum atomic E-state index is -0.542. The van der Waals surface area contributed by atoms with Gasteiger partial charge in [-0.1, -0.05) is 0 Å². The van der Waals surface area contributed by atoms with Gasteiger partial charge in [-0.05, 0) is 30.3 Å². The smallest absolute Gasteiger partial charge is 0.364 e. The Labute approximate surface area is 91.1 Å². The van der Waals surface area contributed by atoms with E-state index in [1.165, 1.54) is 12.3 Å². The van der Waals surface area contributed by atoms with Gasteiger partial charge in [0.25, 0.3) is 0 Å². The van der Waals surface area contributed by atoms with Crippen molar-refractivity contribution >= 4 is 12.3 Å². The van der Waals surface area contributed by atoms with Crippen molar-refractivity contribution in [2.24, 2.45) is 0 Å². The average molecular weight is 216 g/mol. The van der Waals surface area contributed by atoms with Crippen molar-refractivity contribution in [3.63, 3.8) is 0 Å². The van der Waals surface area contributed by atoms with Gasteiger partial charge in [0.15, 0.2) is 5.69 Å². The fourth-order valence-corrected chi connectivity index (χ4v) is 1.15. The Kier molecular flexibility index (Phi) is 2.77. The molecule has 0 saturated carbocycles. The molecule has 0 unspecified atom stereocenters. The van der Waals surface area contributed by atoms with E-state index in [0.29, 0.717) is 11.3 Å². The Morgan fingerprint density at radius 1 is 1.25 bits per heavy atom. The highest BCUT2D eigenvalue weighted by molar-refractivity contribution is 5.88. The van der Waals surface area contributed by atoms with E-state index in [1.807, 2.05) is 0 Å². The quantitative estimate of drug-likeness (QED) is 0.478. The number of ether oxygens (including phenoxy) is 1. The van der Waals surface area contributed by atoms with Gasteiger partial charge >= 0.3 is 5.97 Å². The fourth-order valence-electron chi connectivity index (χ4n) is 1.15. The molecule has 80 valence electrons. The summed E-state index contributed by atoms with van der Waals surface area (Å²) < 4.78 is 5.02. The van der Waals surface area contributed by atoms with Crippen LogP contribution in [0.2, 0.25) is 0 Å². The monoisotopic (exact) mass is 216 g/mol.